The molecule has 21 heavy (non-hydrogen) atoms. The van der Waals surface area contributed by atoms with Gasteiger partial charge in [0.25, 0.3) is 0 Å². The molecule has 3 rings (SSSR count). The van der Waals surface area contributed by atoms with Crippen molar-refractivity contribution in [3.05, 3.63) is 47.9 Å². The van der Waals surface area contributed by atoms with Crippen molar-refractivity contribution in [3.8, 4) is 11.5 Å². The van der Waals surface area contributed by atoms with Gasteiger partial charge in [0.05, 0.1) is 24.9 Å². The first-order chi connectivity index (χ1) is 10.1. The van der Waals surface area contributed by atoms with Gasteiger partial charge in [0.1, 0.15) is 17.3 Å². The molecular formula is C16H17NO4. The molecule has 0 bridgehead atoms. The highest BCUT2D eigenvalue weighted by Gasteiger charge is 2.31. The minimum atomic E-state index is -0.186. The zero-order chi connectivity index (χ0) is 14.8. The number of carbonyl (C=O) groups is 1. The molecule has 0 unspecified atom stereocenters. The van der Waals surface area contributed by atoms with Crippen LogP contribution in [-0.2, 0) is 6.54 Å². The highest BCUT2D eigenvalue weighted by atomic mass is 16.3. The molecule has 1 aromatic carbocycles. The number of nitrogens with zero attached hydrogens (tertiary/aromatic N) is 1. The van der Waals surface area contributed by atoms with Crippen LogP contribution in [0.1, 0.15) is 29.0 Å². The van der Waals surface area contributed by atoms with Gasteiger partial charge in [0.15, 0.2) is 5.78 Å². The van der Waals surface area contributed by atoms with E-state index in [0.717, 1.165) is 18.6 Å². The number of ketones is 1. The number of phenols is 2. The van der Waals surface area contributed by atoms with E-state index in [-0.39, 0.29) is 29.4 Å². The summed E-state index contributed by atoms with van der Waals surface area (Å²) >= 11 is 0. The molecule has 1 heterocycles. The van der Waals surface area contributed by atoms with Gasteiger partial charge in [-0.05, 0) is 37.1 Å². The average Bonchev–Trinajstić information content (AvgIpc) is 3.16. The zero-order valence-electron chi connectivity index (χ0n) is 11.5. The molecule has 0 atom stereocenters. The van der Waals surface area contributed by atoms with Crippen LogP contribution in [0.5, 0.6) is 11.5 Å². The van der Waals surface area contributed by atoms with Crippen molar-refractivity contribution in [3.63, 3.8) is 0 Å². The number of hydrogen-bond donors (Lipinski definition) is 2. The molecule has 5 nitrogen and oxygen atoms in total. The zero-order valence-corrected chi connectivity index (χ0v) is 11.5. The highest BCUT2D eigenvalue weighted by Crippen LogP contribution is 2.29. The van der Waals surface area contributed by atoms with E-state index in [2.05, 4.69) is 4.90 Å². The summed E-state index contributed by atoms with van der Waals surface area (Å²) in [6.45, 7) is 0.811. The van der Waals surface area contributed by atoms with E-state index in [1.54, 1.807) is 6.26 Å². The molecule has 0 radical (unpaired) electrons. The Morgan fingerprint density at radius 1 is 1.29 bits per heavy atom. The van der Waals surface area contributed by atoms with Crippen LogP contribution in [0.3, 0.4) is 0 Å². The van der Waals surface area contributed by atoms with Crippen LogP contribution < -0.4 is 0 Å². The molecule has 110 valence electrons. The third kappa shape index (κ3) is 3.25. The van der Waals surface area contributed by atoms with E-state index in [1.165, 1.54) is 18.2 Å². The number of hydrogen-bond acceptors (Lipinski definition) is 5. The number of carbonyl (C=O) groups excluding carboxylic acids is 1. The summed E-state index contributed by atoms with van der Waals surface area (Å²) in [7, 11) is 0. The van der Waals surface area contributed by atoms with Gasteiger partial charge in [-0.2, -0.15) is 0 Å². The molecule has 0 amide bonds. The maximum atomic E-state index is 12.3. The average molecular weight is 287 g/mol. The van der Waals surface area contributed by atoms with Gasteiger partial charge in [-0.25, -0.2) is 0 Å². The maximum absolute atomic E-state index is 12.3. The molecule has 1 aliphatic rings. The Morgan fingerprint density at radius 2 is 2.10 bits per heavy atom. The summed E-state index contributed by atoms with van der Waals surface area (Å²) in [5, 5.41) is 19.0. The molecule has 2 N–H and O–H groups in total. The van der Waals surface area contributed by atoms with Gasteiger partial charge in [0.2, 0.25) is 0 Å². The Labute approximate surface area is 122 Å². The van der Waals surface area contributed by atoms with Crippen LogP contribution in [0.25, 0.3) is 0 Å². The van der Waals surface area contributed by atoms with Crippen LogP contribution >= 0.6 is 0 Å². The summed E-state index contributed by atoms with van der Waals surface area (Å²) in [6, 6.07) is 8.15. The van der Waals surface area contributed by atoms with Gasteiger partial charge in [0, 0.05) is 12.1 Å². The summed E-state index contributed by atoms with van der Waals surface area (Å²) in [6.07, 6.45) is 3.78. The molecule has 1 aromatic heterocycles. The van der Waals surface area contributed by atoms with Crippen LogP contribution in [0.15, 0.2) is 41.0 Å². The minimum Gasteiger partial charge on any atom is -0.508 e. The Kier molecular flexibility index (Phi) is 3.66. The molecule has 1 aliphatic carbocycles. The maximum Gasteiger partial charge on any atom is 0.180 e. The fourth-order valence-electron chi connectivity index (χ4n) is 2.38. The quantitative estimate of drug-likeness (QED) is 0.799. The van der Waals surface area contributed by atoms with E-state index >= 15 is 0 Å². The molecule has 0 aliphatic heterocycles. The Balaban J connectivity index is 1.71. The predicted molar refractivity (Wildman–Crippen MR) is 76.2 cm³/mol. The second-order valence-electron chi connectivity index (χ2n) is 5.34. The third-order valence-electron chi connectivity index (χ3n) is 3.63. The summed E-state index contributed by atoms with van der Waals surface area (Å²) in [5.74, 6) is 0.419. The van der Waals surface area contributed by atoms with Crippen LogP contribution in [-0.4, -0.2) is 33.5 Å². The van der Waals surface area contributed by atoms with Gasteiger partial charge < -0.3 is 14.6 Å². The van der Waals surface area contributed by atoms with Crippen LogP contribution in [0.4, 0.5) is 0 Å². The standard InChI is InChI=1S/C16H17NO4/c18-12-5-6-14(15(19)8-12)16(20)10-17(11-3-4-11)9-13-2-1-7-21-13/h1-2,5-8,11,18-19H,3-4,9-10H2. The first-order valence-electron chi connectivity index (χ1n) is 6.95. The molecule has 1 saturated carbocycles. The fourth-order valence-corrected chi connectivity index (χ4v) is 2.38. The lowest BCUT2D eigenvalue weighted by atomic mass is 10.1. The molecule has 2 aromatic rings. The van der Waals surface area contributed by atoms with Gasteiger partial charge in [-0.15, -0.1) is 0 Å². The largest absolute Gasteiger partial charge is 0.508 e. The van der Waals surface area contributed by atoms with Crippen molar-refractivity contribution in [2.24, 2.45) is 0 Å². The highest BCUT2D eigenvalue weighted by molar-refractivity contribution is 6.00. The van der Waals surface area contributed by atoms with Crippen LogP contribution in [0.2, 0.25) is 0 Å². The number of benzene rings is 1. The van der Waals surface area contributed by atoms with Gasteiger partial charge >= 0.3 is 0 Å². The number of aromatic hydroxyl groups is 2. The summed E-state index contributed by atoms with van der Waals surface area (Å²) in [4.78, 5) is 14.4. The van der Waals surface area contributed by atoms with E-state index in [4.69, 9.17) is 4.42 Å². The SMILES string of the molecule is O=C(CN(Cc1ccco1)C1CC1)c1ccc(O)cc1O. The Bertz CT molecular complexity index is 632. The molecule has 0 spiro atoms. The molecular weight excluding hydrogens is 270 g/mol. The monoisotopic (exact) mass is 287 g/mol. The lowest BCUT2D eigenvalue weighted by Crippen LogP contribution is -2.31. The molecule has 0 saturated heterocycles. The third-order valence-corrected chi connectivity index (χ3v) is 3.63. The van der Waals surface area contributed by atoms with Crippen molar-refractivity contribution in [1.29, 1.82) is 0 Å². The first kappa shape index (κ1) is 13.7. The van der Waals surface area contributed by atoms with Crippen molar-refractivity contribution < 1.29 is 19.4 Å². The number of rotatable bonds is 6. The second-order valence-corrected chi connectivity index (χ2v) is 5.34. The minimum absolute atomic E-state index is 0.0568. The van der Waals surface area contributed by atoms with Gasteiger partial charge in [-0.1, -0.05) is 0 Å². The van der Waals surface area contributed by atoms with E-state index in [9.17, 15) is 15.0 Å². The van der Waals surface area contributed by atoms with Gasteiger partial charge in [-0.3, -0.25) is 9.69 Å². The summed E-state index contributed by atoms with van der Waals surface area (Å²) < 4.78 is 5.33. The fraction of sp³-hybridized carbons (Fsp3) is 0.312. The van der Waals surface area contributed by atoms with E-state index < -0.39 is 0 Å². The summed E-state index contributed by atoms with van der Waals surface area (Å²) in [5.41, 5.74) is 0.234. The van der Waals surface area contributed by atoms with Crippen molar-refractivity contribution in [1.82, 2.24) is 4.90 Å². The van der Waals surface area contributed by atoms with E-state index in [0.29, 0.717) is 12.6 Å². The Hall–Kier alpha value is -2.27. The van der Waals surface area contributed by atoms with Crippen molar-refractivity contribution in [2.75, 3.05) is 6.54 Å². The lowest BCUT2D eigenvalue weighted by molar-refractivity contribution is 0.0911. The number of Topliss-reactive ketones (excluding diaryl/α,β-unsaturated/α-hetero) is 1. The lowest BCUT2D eigenvalue weighted by Gasteiger charge is -2.20. The molecule has 5 heteroatoms. The first-order valence-corrected chi connectivity index (χ1v) is 6.95. The number of furan rings is 1. The second kappa shape index (κ2) is 5.61. The topological polar surface area (TPSA) is 73.9 Å². The van der Waals surface area contributed by atoms with Crippen LogP contribution in [0, 0.1) is 0 Å². The number of phenolic OH excluding ortho intramolecular Hbond substituents is 2. The smallest absolute Gasteiger partial charge is 0.180 e. The normalized spacial score (nSPS) is 14.5. The Morgan fingerprint density at radius 3 is 2.71 bits per heavy atom. The van der Waals surface area contributed by atoms with Crippen molar-refractivity contribution >= 4 is 5.78 Å². The molecule has 1 fully saturated rings. The predicted octanol–water partition coefficient (Wildman–Crippen LogP) is 2.54. The van der Waals surface area contributed by atoms with E-state index in [1.807, 2.05) is 12.1 Å². The van der Waals surface area contributed by atoms with Crippen molar-refractivity contribution in [2.45, 2.75) is 25.4 Å².